The Morgan fingerprint density at radius 2 is 2.50 bits per heavy atom. The van der Waals surface area contributed by atoms with Crippen LogP contribution in [0.2, 0.25) is 0 Å². The van der Waals surface area contributed by atoms with Gasteiger partial charge in [0.25, 0.3) is 0 Å². The van der Waals surface area contributed by atoms with Crippen LogP contribution in [-0.4, -0.2) is 48.7 Å². The average molecular weight is 346 g/mol. The fourth-order valence-corrected chi connectivity index (χ4v) is 5.52. The van der Waals surface area contributed by atoms with E-state index in [0.717, 1.165) is 37.5 Å². The maximum absolute atomic E-state index is 12.2. The predicted molar refractivity (Wildman–Crippen MR) is 96.1 cm³/mol. The Bertz CT molecular complexity index is 615. The number of hydrogen-bond acceptors (Lipinski definition) is 4. The highest BCUT2D eigenvalue weighted by molar-refractivity contribution is 7.10. The normalized spacial score (nSPS) is 35.0. The zero-order valence-electron chi connectivity index (χ0n) is 14.2. The summed E-state index contributed by atoms with van der Waals surface area (Å²) in [6.45, 7) is 6.01. The van der Waals surface area contributed by atoms with E-state index in [-0.39, 0.29) is 11.5 Å². The third-order valence-corrected chi connectivity index (χ3v) is 6.78. The monoisotopic (exact) mass is 346 g/mol. The fourth-order valence-electron chi connectivity index (χ4n) is 4.82. The molecule has 3 saturated heterocycles. The summed E-state index contributed by atoms with van der Waals surface area (Å²) in [6, 6.07) is 4.02. The zero-order valence-corrected chi connectivity index (χ0v) is 15.1. The Morgan fingerprint density at radius 1 is 1.58 bits per heavy atom. The van der Waals surface area contributed by atoms with Gasteiger partial charge < -0.3 is 10.1 Å². The second-order valence-corrected chi connectivity index (χ2v) is 8.39. The number of ether oxygens (including phenoxy) is 1. The molecule has 0 radical (unpaired) electrons. The van der Waals surface area contributed by atoms with Gasteiger partial charge in [0.15, 0.2) is 0 Å². The number of rotatable bonds is 6. The van der Waals surface area contributed by atoms with Crippen LogP contribution in [0, 0.1) is 11.8 Å². The molecule has 24 heavy (non-hydrogen) atoms. The van der Waals surface area contributed by atoms with Gasteiger partial charge in [-0.1, -0.05) is 18.2 Å². The van der Waals surface area contributed by atoms with Gasteiger partial charge in [-0.3, -0.25) is 9.69 Å². The summed E-state index contributed by atoms with van der Waals surface area (Å²) in [4.78, 5) is 15.8. The van der Waals surface area contributed by atoms with E-state index in [0.29, 0.717) is 24.4 Å². The van der Waals surface area contributed by atoms with Crippen molar-refractivity contribution in [2.75, 3.05) is 26.2 Å². The van der Waals surface area contributed by atoms with Crippen molar-refractivity contribution in [2.45, 2.75) is 37.9 Å². The van der Waals surface area contributed by atoms with Crippen LogP contribution in [0.25, 0.3) is 0 Å². The summed E-state index contributed by atoms with van der Waals surface area (Å²) in [7, 11) is 0. The molecule has 5 heteroatoms. The molecule has 1 N–H and O–H groups in total. The van der Waals surface area contributed by atoms with Crippen molar-refractivity contribution in [3.63, 3.8) is 0 Å². The summed E-state index contributed by atoms with van der Waals surface area (Å²) < 4.78 is 6.43. The minimum absolute atomic E-state index is 0.0649. The molecule has 0 unspecified atom stereocenters. The van der Waals surface area contributed by atoms with Gasteiger partial charge in [0.2, 0.25) is 5.91 Å². The maximum Gasteiger partial charge on any atom is 0.225 e. The van der Waals surface area contributed by atoms with E-state index in [9.17, 15) is 4.79 Å². The number of hydrogen-bond donors (Lipinski definition) is 1. The molecule has 3 fully saturated rings. The van der Waals surface area contributed by atoms with E-state index in [1.807, 2.05) is 17.5 Å². The number of carbonyl (C=O) groups excluding carboxylic acids is 1. The summed E-state index contributed by atoms with van der Waals surface area (Å²) >= 11 is 1.65. The van der Waals surface area contributed by atoms with Gasteiger partial charge in [-0.2, -0.15) is 0 Å². The van der Waals surface area contributed by atoms with E-state index in [4.69, 9.17) is 4.74 Å². The molecule has 4 atom stereocenters. The Morgan fingerprint density at radius 3 is 3.29 bits per heavy atom. The van der Waals surface area contributed by atoms with Gasteiger partial charge >= 0.3 is 0 Å². The van der Waals surface area contributed by atoms with Crippen LogP contribution in [0.15, 0.2) is 29.7 Å². The quantitative estimate of drug-likeness (QED) is 0.805. The van der Waals surface area contributed by atoms with Gasteiger partial charge in [0.05, 0.1) is 18.1 Å². The molecule has 3 aliphatic rings. The van der Waals surface area contributed by atoms with Crippen LogP contribution < -0.4 is 5.32 Å². The molecule has 3 aliphatic heterocycles. The number of nitrogens with zero attached hydrogens (tertiary/aromatic N) is 1. The zero-order chi connectivity index (χ0) is 16.6. The first-order chi connectivity index (χ1) is 11.7. The molecule has 0 saturated carbocycles. The van der Waals surface area contributed by atoms with E-state index >= 15 is 0 Å². The molecule has 4 rings (SSSR count). The van der Waals surface area contributed by atoms with Gasteiger partial charge in [-0.25, -0.2) is 0 Å². The van der Waals surface area contributed by atoms with Crippen molar-refractivity contribution in [3.05, 3.63) is 34.5 Å². The van der Waals surface area contributed by atoms with Crippen LogP contribution >= 0.6 is 11.3 Å². The molecule has 0 aliphatic carbocycles. The van der Waals surface area contributed by atoms with Crippen LogP contribution in [0.1, 0.15) is 24.6 Å². The van der Waals surface area contributed by atoms with Crippen molar-refractivity contribution in [1.29, 1.82) is 0 Å². The second-order valence-electron chi connectivity index (χ2n) is 7.35. The van der Waals surface area contributed by atoms with Crippen LogP contribution in [0.4, 0.5) is 0 Å². The number of fused-ring (bicyclic) bond motifs is 1. The predicted octanol–water partition coefficient (Wildman–Crippen LogP) is 2.46. The van der Waals surface area contributed by atoms with Gasteiger partial charge in [-0.15, -0.1) is 11.3 Å². The van der Waals surface area contributed by atoms with Crippen molar-refractivity contribution < 1.29 is 9.53 Å². The molecule has 130 valence electrons. The highest BCUT2D eigenvalue weighted by Crippen LogP contribution is 2.54. The topological polar surface area (TPSA) is 41.6 Å². The first kappa shape index (κ1) is 16.3. The lowest BCUT2D eigenvalue weighted by atomic mass is 9.73. The Kier molecular flexibility index (Phi) is 4.50. The van der Waals surface area contributed by atoms with Crippen LogP contribution in [0.5, 0.6) is 0 Å². The largest absolute Gasteiger partial charge is 0.370 e. The molecule has 4 nitrogen and oxygen atoms in total. The number of thiophene rings is 1. The number of allylic oxidation sites excluding steroid dienone is 1. The summed E-state index contributed by atoms with van der Waals surface area (Å²) in [5.74, 6) is 1.18. The third kappa shape index (κ3) is 2.93. The van der Waals surface area contributed by atoms with Gasteiger partial charge in [-0.05, 0) is 31.2 Å². The Balaban J connectivity index is 1.35. The lowest BCUT2D eigenvalue weighted by Crippen LogP contribution is -2.42. The molecule has 4 heterocycles. The van der Waals surface area contributed by atoms with E-state index in [1.165, 1.54) is 6.42 Å². The van der Waals surface area contributed by atoms with Crippen molar-refractivity contribution >= 4 is 17.2 Å². The van der Waals surface area contributed by atoms with Crippen LogP contribution in [0.3, 0.4) is 0 Å². The van der Waals surface area contributed by atoms with Gasteiger partial charge in [0.1, 0.15) is 0 Å². The third-order valence-electron chi connectivity index (χ3n) is 5.90. The first-order valence-electron chi connectivity index (χ1n) is 9.00. The van der Waals surface area contributed by atoms with E-state index < -0.39 is 0 Å². The first-order valence-corrected chi connectivity index (χ1v) is 9.88. The summed E-state index contributed by atoms with van der Waals surface area (Å²) in [6.07, 6.45) is 7.53. The molecule has 1 spiro atoms. The highest BCUT2D eigenvalue weighted by atomic mass is 32.1. The fraction of sp³-hybridized carbons (Fsp3) is 0.632. The molecule has 1 aromatic heterocycles. The SMILES string of the molecule is C/C=C/CN1C[C@@H]2[C@H](CNC(=O)Cc3cccs3)[C@H]3CC[C@]2(C1)O3. The smallest absolute Gasteiger partial charge is 0.225 e. The van der Waals surface area contributed by atoms with Crippen molar-refractivity contribution in [2.24, 2.45) is 11.8 Å². The second kappa shape index (κ2) is 6.62. The van der Waals surface area contributed by atoms with Crippen molar-refractivity contribution in [3.8, 4) is 0 Å². The lowest BCUT2D eigenvalue weighted by molar-refractivity contribution is -0.120. The molecular weight excluding hydrogens is 320 g/mol. The molecule has 1 amide bonds. The summed E-state index contributed by atoms with van der Waals surface area (Å²) in [5.41, 5.74) is 0.0649. The van der Waals surface area contributed by atoms with Crippen LogP contribution in [-0.2, 0) is 16.0 Å². The molecule has 2 bridgehead atoms. The highest BCUT2D eigenvalue weighted by Gasteiger charge is 2.62. The average Bonchev–Trinajstić information content (AvgIpc) is 3.31. The standard InChI is InChI=1S/C19H26N2O2S/c1-2-3-8-21-12-16-15(17-6-7-19(16,13-21)23-17)11-20-18(22)10-14-5-4-9-24-14/h2-5,9,15-17H,6-8,10-13H2,1H3,(H,20,22)/b3-2+/t15-,16+,17+,19+/m0/s1. The van der Waals surface area contributed by atoms with Gasteiger partial charge in [0, 0.05) is 42.9 Å². The molecular formula is C19H26N2O2S. The minimum Gasteiger partial charge on any atom is -0.370 e. The lowest BCUT2D eigenvalue weighted by Gasteiger charge is -2.29. The number of amides is 1. The van der Waals surface area contributed by atoms with E-state index in [2.05, 4.69) is 29.3 Å². The van der Waals surface area contributed by atoms with E-state index in [1.54, 1.807) is 11.3 Å². The minimum atomic E-state index is 0.0649. The Hall–Kier alpha value is -1.17. The number of carbonyl (C=O) groups is 1. The molecule has 0 aromatic carbocycles. The number of nitrogens with one attached hydrogen (secondary N) is 1. The number of likely N-dealkylation sites (tertiary alicyclic amines) is 1. The molecule has 1 aromatic rings. The summed E-state index contributed by atoms with van der Waals surface area (Å²) in [5, 5.41) is 5.19. The maximum atomic E-state index is 12.2. The van der Waals surface area contributed by atoms with Crippen molar-refractivity contribution in [1.82, 2.24) is 10.2 Å². The Labute approximate surface area is 147 Å².